The van der Waals surface area contributed by atoms with Crippen molar-refractivity contribution in [3.8, 4) is 11.5 Å². The van der Waals surface area contributed by atoms with E-state index in [4.69, 9.17) is 9.47 Å². The minimum absolute atomic E-state index is 0.121. The van der Waals surface area contributed by atoms with Crippen LogP contribution in [0.5, 0.6) is 11.5 Å². The first-order chi connectivity index (χ1) is 16.3. The number of hydrazine groups is 2. The molecule has 4 amide bonds. The molecule has 10 heteroatoms. The third-order valence-corrected chi connectivity index (χ3v) is 4.56. The predicted molar refractivity (Wildman–Crippen MR) is 124 cm³/mol. The number of amides is 4. The molecule has 2 aromatic carbocycles. The van der Waals surface area contributed by atoms with Crippen molar-refractivity contribution in [3.63, 3.8) is 0 Å². The van der Waals surface area contributed by atoms with E-state index in [0.717, 1.165) is 0 Å². The normalized spacial score (nSPS) is 11.9. The molecule has 10 nitrogen and oxygen atoms in total. The summed E-state index contributed by atoms with van der Waals surface area (Å²) >= 11 is 0. The second-order valence-electron chi connectivity index (χ2n) is 7.43. The molecule has 34 heavy (non-hydrogen) atoms. The number of unbranched alkanes of at least 4 members (excludes halogenated alkanes) is 1. The van der Waals surface area contributed by atoms with Gasteiger partial charge in [-0.3, -0.25) is 40.9 Å². The quantitative estimate of drug-likeness (QED) is 0.292. The standard InChI is InChI=1S/C24H30N4O6/c1-17(33-19-11-5-3-6-12-19)23(31)27-25-21(29)15-9-10-16-22(30)26-28-24(32)18(2)34-20-13-7-4-8-14-20/h3-8,11-14,17-18H,9-10,15-16H2,1-2H3,(H,25,29)(H,26,30)(H,27,31)(H,28,32). The number of hydrogen-bond acceptors (Lipinski definition) is 6. The van der Waals surface area contributed by atoms with Gasteiger partial charge in [0.2, 0.25) is 11.8 Å². The Labute approximate surface area is 198 Å². The van der Waals surface area contributed by atoms with Crippen molar-refractivity contribution in [3.05, 3.63) is 60.7 Å². The van der Waals surface area contributed by atoms with Gasteiger partial charge in [-0.25, -0.2) is 0 Å². The van der Waals surface area contributed by atoms with Gasteiger partial charge in [0.1, 0.15) is 11.5 Å². The maximum absolute atomic E-state index is 12.0. The molecule has 0 bridgehead atoms. The smallest absolute Gasteiger partial charge is 0.279 e. The van der Waals surface area contributed by atoms with E-state index in [2.05, 4.69) is 21.7 Å². The molecular formula is C24H30N4O6. The largest absolute Gasteiger partial charge is 0.481 e. The predicted octanol–water partition coefficient (Wildman–Crippen LogP) is 1.78. The van der Waals surface area contributed by atoms with Gasteiger partial charge in [0.05, 0.1) is 0 Å². The number of hydrogen-bond donors (Lipinski definition) is 4. The summed E-state index contributed by atoms with van der Waals surface area (Å²) in [5.41, 5.74) is 9.26. The van der Waals surface area contributed by atoms with E-state index in [0.29, 0.717) is 24.3 Å². The highest BCUT2D eigenvalue weighted by Gasteiger charge is 2.16. The van der Waals surface area contributed by atoms with Crippen molar-refractivity contribution in [2.45, 2.75) is 51.7 Å². The molecule has 0 saturated carbocycles. The molecule has 0 heterocycles. The zero-order valence-corrected chi connectivity index (χ0v) is 19.2. The van der Waals surface area contributed by atoms with Crippen molar-refractivity contribution in [2.24, 2.45) is 0 Å². The Morgan fingerprint density at radius 2 is 0.971 bits per heavy atom. The molecule has 2 rings (SSSR count). The van der Waals surface area contributed by atoms with Crippen molar-refractivity contribution >= 4 is 23.6 Å². The van der Waals surface area contributed by atoms with Crippen molar-refractivity contribution in [1.29, 1.82) is 0 Å². The molecule has 0 aromatic heterocycles. The van der Waals surface area contributed by atoms with Crippen molar-refractivity contribution < 1.29 is 28.7 Å². The van der Waals surface area contributed by atoms with Crippen LogP contribution in [0.15, 0.2) is 60.7 Å². The Morgan fingerprint density at radius 3 is 1.32 bits per heavy atom. The second-order valence-corrected chi connectivity index (χ2v) is 7.43. The van der Waals surface area contributed by atoms with Crippen LogP contribution in [0.4, 0.5) is 0 Å². The van der Waals surface area contributed by atoms with Crippen LogP contribution in [0, 0.1) is 0 Å². The van der Waals surface area contributed by atoms with Crippen LogP contribution in [0.1, 0.15) is 39.5 Å². The first-order valence-electron chi connectivity index (χ1n) is 11.0. The zero-order valence-electron chi connectivity index (χ0n) is 19.2. The summed E-state index contributed by atoms with van der Waals surface area (Å²) in [6.07, 6.45) is -0.491. The van der Waals surface area contributed by atoms with Crippen LogP contribution in [-0.2, 0) is 19.2 Å². The van der Waals surface area contributed by atoms with Gasteiger partial charge in [-0.05, 0) is 51.0 Å². The summed E-state index contributed by atoms with van der Waals surface area (Å²) < 4.78 is 10.9. The summed E-state index contributed by atoms with van der Waals surface area (Å²) in [4.78, 5) is 47.8. The number of carbonyl (C=O) groups excluding carboxylic acids is 4. The fraction of sp³-hybridized carbons (Fsp3) is 0.333. The average Bonchev–Trinajstić information content (AvgIpc) is 2.84. The molecule has 0 aliphatic carbocycles. The Kier molecular flexibility index (Phi) is 10.9. The fourth-order valence-corrected chi connectivity index (χ4v) is 2.68. The zero-order chi connectivity index (χ0) is 24.8. The van der Waals surface area contributed by atoms with E-state index >= 15 is 0 Å². The van der Waals surface area contributed by atoms with Gasteiger partial charge in [-0.2, -0.15) is 0 Å². The third-order valence-electron chi connectivity index (χ3n) is 4.56. The molecule has 2 unspecified atom stereocenters. The van der Waals surface area contributed by atoms with Crippen molar-refractivity contribution in [2.75, 3.05) is 0 Å². The summed E-state index contributed by atoms with van der Waals surface area (Å²) in [6.45, 7) is 3.14. The highest BCUT2D eigenvalue weighted by molar-refractivity contribution is 5.85. The number of carbonyl (C=O) groups is 4. The molecule has 0 aliphatic rings. The topological polar surface area (TPSA) is 135 Å². The van der Waals surface area contributed by atoms with Crippen LogP contribution in [0.2, 0.25) is 0 Å². The van der Waals surface area contributed by atoms with Crippen LogP contribution >= 0.6 is 0 Å². The lowest BCUT2D eigenvalue weighted by Crippen LogP contribution is -2.47. The Balaban J connectivity index is 1.53. The summed E-state index contributed by atoms with van der Waals surface area (Å²) in [5.74, 6) is -0.662. The van der Waals surface area contributed by atoms with Crippen LogP contribution < -0.4 is 31.2 Å². The maximum atomic E-state index is 12.0. The lowest BCUT2D eigenvalue weighted by atomic mass is 10.2. The minimum atomic E-state index is -0.789. The highest BCUT2D eigenvalue weighted by atomic mass is 16.5. The molecule has 0 radical (unpaired) electrons. The van der Waals surface area contributed by atoms with E-state index < -0.39 is 24.0 Å². The average molecular weight is 471 g/mol. The lowest BCUT2D eigenvalue weighted by molar-refractivity contribution is -0.133. The van der Waals surface area contributed by atoms with Crippen molar-refractivity contribution in [1.82, 2.24) is 21.7 Å². The summed E-state index contributed by atoms with van der Waals surface area (Å²) in [6, 6.07) is 17.7. The fourth-order valence-electron chi connectivity index (χ4n) is 2.68. The minimum Gasteiger partial charge on any atom is -0.481 e. The number of benzene rings is 2. The molecule has 0 fully saturated rings. The lowest BCUT2D eigenvalue weighted by Gasteiger charge is -2.15. The van der Waals surface area contributed by atoms with Gasteiger partial charge in [0, 0.05) is 12.8 Å². The van der Waals surface area contributed by atoms with E-state index in [-0.39, 0.29) is 24.7 Å². The van der Waals surface area contributed by atoms with Gasteiger partial charge in [0.15, 0.2) is 12.2 Å². The van der Waals surface area contributed by atoms with Crippen LogP contribution in [0.25, 0.3) is 0 Å². The van der Waals surface area contributed by atoms with Gasteiger partial charge >= 0.3 is 0 Å². The highest BCUT2D eigenvalue weighted by Crippen LogP contribution is 2.11. The Hall–Kier alpha value is -4.08. The van der Waals surface area contributed by atoms with Crippen LogP contribution in [-0.4, -0.2) is 35.8 Å². The first kappa shape index (κ1) is 26.2. The molecule has 0 aliphatic heterocycles. The molecule has 0 saturated heterocycles. The molecule has 2 aromatic rings. The monoisotopic (exact) mass is 470 g/mol. The number of nitrogens with one attached hydrogen (secondary N) is 4. The molecule has 182 valence electrons. The van der Waals surface area contributed by atoms with E-state index in [1.54, 1.807) is 62.4 Å². The SMILES string of the molecule is CC(Oc1ccccc1)C(=O)NNC(=O)CCCCC(=O)NNC(=O)C(C)Oc1ccccc1. The maximum Gasteiger partial charge on any atom is 0.279 e. The number of rotatable bonds is 11. The third kappa shape index (κ3) is 10.0. The Bertz CT molecular complexity index is 861. The molecule has 0 spiro atoms. The van der Waals surface area contributed by atoms with Gasteiger partial charge in [-0.15, -0.1) is 0 Å². The van der Waals surface area contributed by atoms with Gasteiger partial charge in [-0.1, -0.05) is 36.4 Å². The number of para-hydroxylation sites is 2. The molecule has 4 N–H and O–H groups in total. The Morgan fingerprint density at radius 1 is 0.618 bits per heavy atom. The first-order valence-corrected chi connectivity index (χ1v) is 11.0. The van der Waals surface area contributed by atoms with Crippen LogP contribution in [0.3, 0.4) is 0 Å². The summed E-state index contributed by atoms with van der Waals surface area (Å²) in [5, 5.41) is 0. The van der Waals surface area contributed by atoms with E-state index in [9.17, 15) is 19.2 Å². The summed E-state index contributed by atoms with van der Waals surface area (Å²) in [7, 11) is 0. The van der Waals surface area contributed by atoms with E-state index in [1.807, 2.05) is 12.1 Å². The number of ether oxygens (including phenoxy) is 2. The van der Waals surface area contributed by atoms with Gasteiger partial charge in [0.25, 0.3) is 11.8 Å². The van der Waals surface area contributed by atoms with E-state index in [1.165, 1.54) is 0 Å². The molecular weight excluding hydrogens is 440 g/mol. The van der Waals surface area contributed by atoms with Gasteiger partial charge < -0.3 is 9.47 Å². The second kappa shape index (κ2) is 14.1. The molecule has 2 atom stereocenters.